The molecule has 0 bridgehead atoms. The van der Waals surface area contributed by atoms with E-state index >= 15 is 0 Å². The molecule has 1 fully saturated rings. The minimum atomic E-state index is 0.0432. The summed E-state index contributed by atoms with van der Waals surface area (Å²) in [7, 11) is 0. The summed E-state index contributed by atoms with van der Waals surface area (Å²) in [5, 5.41) is 3.13. The van der Waals surface area contributed by atoms with Gasteiger partial charge in [0.25, 0.3) is 5.91 Å². The second-order valence-corrected chi connectivity index (χ2v) is 6.04. The van der Waals surface area contributed by atoms with Crippen LogP contribution >= 0.6 is 11.3 Å². The van der Waals surface area contributed by atoms with E-state index in [9.17, 15) is 4.79 Å². The van der Waals surface area contributed by atoms with E-state index in [1.54, 1.807) is 6.07 Å². The topological polar surface area (TPSA) is 55.1 Å². The van der Waals surface area contributed by atoms with Crippen molar-refractivity contribution in [2.75, 3.05) is 5.73 Å². The molecular formula is C13H20N2OS. The zero-order valence-corrected chi connectivity index (χ0v) is 11.1. The van der Waals surface area contributed by atoms with E-state index < -0.39 is 0 Å². The summed E-state index contributed by atoms with van der Waals surface area (Å²) in [6.07, 6.45) is 7.30. The average Bonchev–Trinajstić information content (AvgIpc) is 2.54. The summed E-state index contributed by atoms with van der Waals surface area (Å²) in [6, 6.07) is 2.14. The number of anilines is 1. The molecule has 1 aromatic rings. The van der Waals surface area contributed by atoms with Crippen LogP contribution in [-0.4, -0.2) is 11.9 Å². The molecule has 1 amide bonds. The molecule has 0 saturated heterocycles. The molecular weight excluding hydrogens is 232 g/mol. The predicted octanol–water partition coefficient (Wildman–Crippen LogP) is 3.09. The summed E-state index contributed by atoms with van der Waals surface area (Å²) in [5.74, 6) is 0.0432. The van der Waals surface area contributed by atoms with Crippen LogP contribution in [0.15, 0.2) is 6.07 Å². The van der Waals surface area contributed by atoms with Gasteiger partial charge in [0, 0.05) is 16.6 Å². The van der Waals surface area contributed by atoms with Crippen molar-refractivity contribution in [3.63, 3.8) is 0 Å². The molecule has 2 rings (SSSR count). The monoisotopic (exact) mass is 252 g/mol. The largest absolute Gasteiger partial charge is 0.398 e. The molecule has 3 nitrogen and oxygen atoms in total. The number of hydrogen-bond donors (Lipinski definition) is 2. The van der Waals surface area contributed by atoms with E-state index in [0.717, 1.165) is 28.3 Å². The number of rotatable bonds is 2. The number of hydrogen-bond acceptors (Lipinski definition) is 3. The molecule has 1 saturated carbocycles. The number of carbonyl (C=O) groups is 1. The maximum absolute atomic E-state index is 12.0. The van der Waals surface area contributed by atoms with Crippen molar-refractivity contribution >= 4 is 22.9 Å². The van der Waals surface area contributed by atoms with Crippen molar-refractivity contribution in [2.45, 2.75) is 51.5 Å². The van der Waals surface area contributed by atoms with Crippen LogP contribution in [0.1, 0.15) is 53.1 Å². The van der Waals surface area contributed by atoms with Crippen molar-refractivity contribution in [3.05, 3.63) is 15.8 Å². The third-order valence-electron chi connectivity index (χ3n) is 3.37. The van der Waals surface area contributed by atoms with Gasteiger partial charge in [0.15, 0.2) is 0 Å². The number of nitrogens with one attached hydrogen (secondary N) is 1. The normalized spacial score (nSPS) is 17.7. The van der Waals surface area contributed by atoms with Gasteiger partial charge in [-0.1, -0.05) is 25.7 Å². The molecule has 0 radical (unpaired) electrons. The van der Waals surface area contributed by atoms with Gasteiger partial charge in [0.1, 0.15) is 0 Å². The maximum Gasteiger partial charge on any atom is 0.261 e. The number of nitrogen functional groups attached to an aromatic ring is 1. The second-order valence-electron chi connectivity index (χ2n) is 4.78. The van der Waals surface area contributed by atoms with Crippen LogP contribution in [0.3, 0.4) is 0 Å². The summed E-state index contributed by atoms with van der Waals surface area (Å²) in [6.45, 7) is 1.95. The maximum atomic E-state index is 12.0. The lowest BCUT2D eigenvalue weighted by Gasteiger charge is -2.15. The zero-order valence-electron chi connectivity index (χ0n) is 10.3. The van der Waals surface area contributed by atoms with Gasteiger partial charge < -0.3 is 11.1 Å². The third-order valence-corrected chi connectivity index (χ3v) is 4.44. The fourth-order valence-corrected chi connectivity index (χ4v) is 3.13. The van der Waals surface area contributed by atoms with Gasteiger partial charge in [0.05, 0.1) is 4.88 Å². The van der Waals surface area contributed by atoms with E-state index in [-0.39, 0.29) is 5.91 Å². The Balaban J connectivity index is 1.95. The highest BCUT2D eigenvalue weighted by Gasteiger charge is 2.17. The minimum Gasteiger partial charge on any atom is -0.398 e. The molecule has 1 aliphatic rings. The van der Waals surface area contributed by atoms with E-state index in [4.69, 9.17) is 5.73 Å². The lowest BCUT2D eigenvalue weighted by atomic mass is 10.1. The van der Waals surface area contributed by atoms with Crippen molar-refractivity contribution < 1.29 is 4.79 Å². The molecule has 94 valence electrons. The second kappa shape index (κ2) is 5.54. The molecule has 0 aliphatic heterocycles. The molecule has 1 aromatic heterocycles. The van der Waals surface area contributed by atoms with Crippen LogP contribution in [0.5, 0.6) is 0 Å². The SMILES string of the molecule is Cc1sc(C(=O)NC2CCCCCC2)cc1N. The summed E-state index contributed by atoms with van der Waals surface area (Å²) in [4.78, 5) is 13.8. The summed E-state index contributed by atoms with van der Waals surface area (Å²) in [5.41, 5.74) is 6.49. The smallest absolute Gasteiger partial charge is 0.261 e. The molecule has 1 aliphatic carbocycles. The first-order chi connectivity index (χ1) is 8.16. The average molecular weight is 252 g/mol. The van der Waals surface area contributed by atoms with Crippen molar-refractivity contribution in [2.24, 2.45) is 0 Å². The van der Waals surface area contributed by atoms with Crippen LogP contribution < -0.4 is 11.1 Å². The molecule has 17 heavy (non-hydrogen) atoms. The Bertz CT molecular complexity index is 373. The quantitative estimate of drug-likeness (QED) is 0.795. The predicted molar refractivity (Wildman–Crippen MR) is 72.4 cm³/mol. The lowest BCUT2D eigenvalue weighted by Crippen LogP contribution is -2.33. The highest BCUT2D eigenvalue weighted by atomic mass is 32.1. The van der Waals surface area contributed by atoms with E-state index in [1.165, 1.54) is 37.0 Å². The highest BCUT2D eigenvalue weighted by Crippen LogP contribution is 2.24. The Morgan fingerprint density at radius 3 is 2.53 bits per heavy atom. The number of aryl methyl sites for hydroxylation is 1. The third kappa shape index (κ3) is 3.22. The van der Waals surface area contributed by atoms with Crippen molar-refractivity contribution in [1.29, 1.82) is 0 Å². The van der Waals surface area contributed by atoms with Crippen LogP contribution in [0.2, 0.25) is 0 Å². The van der Waals surface area contributed by atoms with Gasteiger partial charge >= 0.3 is 0 Å². The van der Waals surface area contributed by atoms with Gasteiger partial charge in [-0.3, -0.25) is 4.79 Å². The van der Waals surface area contributed by atoms with Gasteiger partial charge in [-0.25, -0.2) is 0 Å². The molecule has 0 spiro atoms. The van der Waals surface area contributed by atoms with Gasteiger partial charge in [-0.15, -0.1) is 11.3 Å². The Hall–Kier alpha value is -1.03. The van der Waals surface area contributed by atoms with Gasteiger partial charge in [-0.2, -0.15) is 0 Å². The summed E-state index contributed by atoms with van der Waals surface area (Å²) < 4.78 is 0. The first-order valence-electron chi connectivity index (χ1n) is 6.33. The number of carbonyl (C=O) groups excluding carboxylic acids is 1. The molecule has 4 heteroatoms. The van der Waals surface area contributed by atoms with Gasteiger partial charge in [0.2, 0.25) is 0 Å². The van der Waals surface area contributed by atoms with Crippen LogP contribution in [0, 0.1) is 6.92 Å². The molecule has 0 atom stereocenters. The molecule has 1 heterocycles. The molecule has 0 aromatic carbocycles. The highest BCUT2D eigenvalue weighted by molar-refractivity contribution is 7.14. The fraction of sp³-hybridized carbons (Fsp3) is 0.615. The van der Waals surface area contributed by atoms with Crippen LogP contribution in [0.25, 0.3) is 0 Å². The Labute approximate surface area is 106 Å². The van der Waals surface area contributed by atoms with Crippen LogP contribution in [-0.2, 0) is 0 Å². The zero-order chi connectivity index (χ0) is 12.3. The Morgan fingerprint density at radius 1 is 1.35 bits per heavy atom. The number of thiophene rings is 1. The number of nitrogens with two attached hydrogens (primary N) is 1. The van der Waals surface area contributed by atoms with Crippen molar-refractivity contribution in [1.82, 2.24) is 5.32 Å². The van der Waals surface area contributed by atoms with Gasteiger partial charge in [-0.05, 0) is 25.8 Å². The lowest BCUT2D eigenvalue weighted by molar-refractivity contribution is 0.0937. The van der Waals surface area contributed by atoms with E-state index in [1.807, 2.05) is 6.92 Å². The fourth-order valence-electron chi connectivity index (χ4n) is 2.29. The Kier molecular flexibility index (Phi) is 4.05. The van der Waals surface area contributed by atoms with E-state index in [2.05, 4.69) is 5.32 Å². The first-order valence-corrected chi connectivity index (χ1v) is 7.15. The standard InChI is InChI=1S/C13H20N2OS/c1-9-11(14)8-12(17-9)13(16)15-10-6-4-2-3-5-7-10/h8,10H,2-7,14H2,1H3,(H,15,16). The first kappa shape index (κ1) is 12.4. The Morgan fingerprint density at radius 2 is 2.00 bits per heavy atom. The molecule has 3 N–H and O–H groups in total. The minimum absolute atomic E-state index is 0.0432. The van der Waals surface area contributed by atoms with E-state index in [0.29, 0.717) is 6.04 Å². The summed E-state index contributed by atoms with van der Waals surface area (Å²) >= 11 is 1.48. The van der Waals surface area contributed by atoms with Crippen molar-refractivity contribution in [3.8, 4) is 0 Å². The number of amides is 1. The molecule has 0 unspecified atom stereocenters. The van der Waals surface area contributed by atoms with Crippen LogP contribution in [0.4, 0.5) is 5.69 Å².